The number of quaternary nitrogens is 1. The molecule has 120 valence electrons. The molecule has 20 heavy (non-hydrogen) atoms. The van der Waals surface area contributed by atoms with Crippen molar-refractivity contribution in [3.63, 3.8) is 0 Å². The summed E-state index contributed by atoms with van der Waals surface area (Å²) in [5.74, 6) is 2.00. The van der Waals surface area contributed by atoms with Gasteiger partial charge < -0.3 is 4.48 Å². The highest BCUT2D eigenvalue weighted by Crippen LogP contribution is 2.34. The molecule has 0 rings (SSSR count). The van der Waals surface area contributed by atoms with E-state index < -0.39 is 0 Å². The number of nitriles is 1. The summed E-state index contributed by atoms with van der Waals surface area (Å²) < 4.78 is 1.32. The molecule has 0 aliphatic heterocycles. The first-order valence-corrected chi connectivity index (χ1v) is 8.03. The van der Waals surface area contributed by atoms with Gasteiger partial charge in [0.05, 0.1) is 32.0 Å². The van der Waals surface area contributed by atoms with E-state index in [9.17, 15) is 0 Å². The van der Waals surface area contributed by atoms with Gasteiger partial charge in [-0.2, -0.15) is 5.97 Å². The van der Waals surface area contributed by atoms with Crippen molar-refractivity contribution in [1.82, 2.24) is 0 Å². The van der Waals surface area contributed by atoms with Crippen LogP contribution in [0.3, 0.4) is 0 Å². The van der Waals surface area contributed by atoms with E-state index in [2.05, 4.69) is 55.4 Å². The average molecular weight is 282 g/mol. The highest BCUT2D eigenvalue weighted by molar-refractivity contribution is 6.20. The summed E-state index contributed by atoms with van der Waals surface area (Å²) in [5.41, 5.74) is 0. The van der Waals surface area contributed by atoms with E-state index >= 15 is 0 Å². The Labute approximate surface area is 129 Å². The lowest BCUT2D eigenvalue weighted by molar-refractivity contribution is -1.01. The van der Waals surface area contributed by atoms with Crippen molar-refractivity contribution in [2.45, 2.75) is 105 Å². The Balaban J connectivity index is 0. The maximum absolute atomic E-state index is 7.43. The minimum Gasteiger partial charge on any atom is -0.315 e. The predicted octanol–water partition coefficient (Wildman–Crippen LogP) is 3.83. The van der Waals surface area contributed by atoms with Crippen LogP contribution in [0.2, 0.25) is 0 Å². The number of rotatable bonds is 8. The molecular formula is C17H39BN2. The van der Waals surface area contributed by atoms with Crippen LogP contribution in [0.5, 0.6) is 0 Å². The zero-order chi connectivity index (χ0) is 16.3. The largest absolute Gasteiger partial charge is 0.315 e. The van der Waals surface area contributed by atoms with Crippen LogP contribution in [-0.4, -0.2) is 36.5 Å². The topological polar surface area (TPSA) is 23.8 Å². The van der Waals surface area contributed by atoms with Crippen LogP contribution in [0.25, 0.3) is 0 Å². The zero-order valence-corrected chi connectivity index (χ0v) is 14.5. The second kappa shape index (κ2) is 11.2. The van der Waals surface area contributed by atoms with E-state index in [1.165, 1.54) is 30.2 Å². The summed E-state index contributed by atoms with van der Waals surface area (Å²) in [7, 11) is 0.0694. The van der Waals surface area contributed by atoms with Crippen molar-refractivity contribution in [1.29, 1.82) is 5.26 Å². The van der Waals surface area contributed by atoms with Gasteiger partial charge in [-0.15, -0.1) is 0 Å². The summed E-state index contributed by atoms with van der Waals surface area (Å²) in [4.78, 5) is 0. The smallest absolute Gasteiger partial charge is 0.0865 e. The van der Waals surface area contributed by atoms with Crippen LogP contribution in [0.1, 0.15) is 81.1 Å². The van der Waals surface area contributed by atoms with Crippen LogP contribution in [-0.2, 0) is 0 Å². The fourth-order valence-corrected chi connectivity index (χ4v) is 3.87. The molecule has 0 amide bonds. The number of hydrogen-bond acceptors (Lipinski definition) is 1. The second-order valence-electron chi connectivity index (χ2n) is 5.92. The third-order valence-electron chi connectivity index (χ3n) is 5.42. The van der Waals surface area contributed by atoms with Gasteiger partial charge in [0.2, 0.25) is 0 Å². The van der Waals surface area contributed by atoms with Gasteiger partial charge in [0, 0.05) is 0 Å². The van der Waals surface area contributed by atoms with Crippen LogP contribution < -0.4 is 0 Å². The average Bonchev–Trinajstić information content (AvgIpc) is 2.47. The number of hydrogen-bond donors (Lipinski definition) is 0. The molecule has 4 atom stereocenters. The summed E-state index contributed by atoms with van der Waals surface area (Å²) in [6.07, 6.45) is 5.16. The van der Waals surface area contributed by atoms with Gasteiger partial charge in [0.25, 0.3) is 0 Å². The molecule has 0 saturated heterocycles. The van der Waals surface area contributed by atoms with Gasteiger partial charge in [-0.25, -0.2) is 0 Å². The van der Waals surface area contributed by atoms with Crippen molar-refractivity contribution < 1.29 is 4.48 Å². The van der Waals surface area contributed by atoms with E-state index in [1.54, 1.807) is 0 Å². The molecule has 0 aromatic carbocycles. The van der Waals surface area contributed by atoms with Gasteiger partial charge in [0.15, 0.2) is 0 Å². The Hall–Kier alpha value is -0.485. The molecule has 0 radical (unpaired) electrons. The van der Waals surface area contributed by atoms with E-state index in [-0.39, 0.29) is 7.85 Å². The minimum absolute atomic E-state index is 0.0694. The third-order valence-corrected chi connectivity index (χ3v) is 5.42. The fourth-order valence-electron chi connectivity index (χ4n) is 3.87. The first-order chi connectivity index (χ1) is 9.34. The lowest BCUT2D eigenvalue weighted by Gasteiger charge is -2.55. The Morgan fingerprint density at radius 2 is 0.900 bits per heavy atom. The van der Waals surface area contributed by atoms with Gasteiger partial charge >= 0.3 is 0 Å². The minimum atomic E-state index is 0.0694. The monoisotopic (exact) mass is 282 g/mol. The van der Waals surface area contributed by atoms with Gasteiger partial charge in [-0.05, 0) is 53.4 Å². The summed E-state index contributed by atoms with van der Waals surface area (Å²) in [6.45, 7) is 19.3. The van der Waals surface area contributed by atoms with Crippen molar-refractivity contribution in [2.75, 3.05) is 0 Å². The van der Waals surface area contributed by atoms with E-state index in [4.69, 9.17) is 5.26 Å². The highest BCUT2D eigenvalue weighted by atomic mass is 15.4. The Bertz CT molecular complexity index is 227. The second-order valence-corrected chi connectivity index (χ2v) is 5.92. The lowest BCUT2D eigenvalue weighted by atomic mass is 9.93. The van der Waals surface area contributed by atoms with Crippen LogP contribution in [0.15, 0.2) is 0 Å². The maximum atomic E-state index is 7.43. The fraction of sp³-hybridized carbons (Fsp3) is 0.941. The molecule has 0 saturated carbocycles. The zero-order valence-electron chi connectivity index (χ0n) is 14.5. The molecule has 0 aromatic heterocycles. The predicted molar refractivity (Wildman–Crippen MR) is 94.8 cm³/mol. The molecule has 3 heteroatoms. The molecule has 0 heterocycles. The van der Waals surface area contributed by atoms with Crippen molar-refractivity contribution in [3.8, 4) is 5.97 Å². The first-order valence-electron chi connectivity index (χ1n) is 8.03. The van der Waals surface area contributed by atoms with Crippen molar-refractivity contribution >= 4 is 7.85 Å². The molecule has 2 nitrogen and oxygen atoms in total. The van der Waals surface area contributed by atoms with Gasteiger partial charge in [0.1, 0.15) is 0 Å². The Kier molecular flexibility index (Phi) is 12.2. The normalized spacial score (nSPS) is 19.6. The maximum Gasteiger partial charge on any atom is 0.0865 e. The van der Waals surface area contributed by atoms with Crippen molar-refractivity contribution in [2.24, 2.45) is 0 Å². The van der Waals surface area contributed by atoms with Crippen LogP contribution in [0.4, 0.5) is 0 Å². The molecular weight excluding hydrogens is 243 g/mol. The first kappa shape index (κ1) is 21.8. The lowest BCUT2D eigenvalue weighted by Crippen LogP contribution is -2.68. The van der Waals surface area contributed by atoms with E-state index in [0.29, 0.717) is 0 Å². The number of nitrogens with zero attached hydrogens (tertiary/aromatic N) is 2. The van der Waals surface area contributed by atoms with Gasteiger partial charge in [-0.3, -0.25) is 5.26 Å². The SMILES string of the molecule is CCC(C)[N+](C(C)CC)(C(C)CC)C(C)CC.[BH3-]C#N. The summed E-state index contributed by atoms with van der Waals surface area (Å²) >= 11 is 0. The molecule has 0 aromatic rings. The van der Waals surface area contributed by atoms with Gasteiger partial charge in [-0.1, -0.05) is 27.7 Å². The molecule has 0 bridgehead atoms. The van der Waals surface area contributed by atoms with E-state index in [0.717, 1.165) is 24.2 Å². The molecule has 0 aliphatic carbocycles. The molecule has 4 unspecified atom stereocenters. The molecule has 0 N–H and O–H groups in total. The van der Waals surface area contributed by atoms with Crippen molar-refractivity contribution in [3.05, 3.63) is 0 Å². The Morgan fingerprint density at radius 1 is 0.750 bits per heavy atom. The van der Waals surface area contributed by atoms with E-state index in [1.807, 2.05) is 5.97 Å². The van der Waals surface area contributed by atoms with Crippen LogP contribution in [0, 0.1) is 11.2 Å². The Morgan fingerprint density at radius 3 is 1.00 bits per heavy atom. The molecule has 0 spiro atoms. The third kappa shape index (κ3) is 4.81. The summed E-state index contributed by atoms with van der Waals surface area (Å²) in [5, 5.41) is 7.43. The molecule has 0 aliphatic rings. The van der Waals surface area contributed by atoms with Crippen LogP contribution >= 0.6 is 0 Å². The highest BCUT2D eigenvalue weighted by Gasteiger charge is 2.45. The quantitative estimate of drug-likeness (QED) is 0.490. The summed E-state index contributed by atoms with van der Waals surface area (Å²) in [6, 6.07) is 3.09. The molecule has 0 fully saturated rings. The standard InChI is InChI=1S/C16H36N.CH3BN/c1-9-13(5)17(14(6)10-2,15(7)11-3)16(8)12-4;2-1-3/h13-16H,9-12H2,1-8H3;2H3/q+1;-1.